The van der Waals surface area contributed by atoms with Crippen molar-refractivity contribution in [3.63, 3.8) is 0 Å². The highest BCUT2D eigenvalue weighted by atomic mass is 127. The third-order valence-corrected chi connectivity index (χ3v) is 2.24. The van der Waals surface area contributed by atoms with Crippen LogP contribution in [0.15, 0.2) is 18.2 Å². The van der Waals surface area contributed by atoms with E-state index in [1.165, 1.54) is 6.07 Å². The fraction of sp³-hybridized carbons (Fsp3) is 0.333. The van der Waals surface area contributed by atoms with E-state index < -0.39 is 0 Å². The first-order valence-electron chi connectivity index (χ1n) is 3.88. The lowest BCUT2D eigenvalue weighted by atomic mass is 10.2. The smallest absolute Gasteiger partial charge is 0.127 e. The van der Waals surface area contributed by atoms with Gasteiger partial charge < -0.3 is 5.32 Å². The maximum atomic E-state index is 13.0. The van der Waals surface area contributed by atoms with Crippen molar-refractivity contribution in [3.05, 3.63) is 33.1 Å². The van der Waals surface area contributed by atoms with Gasteiger partial charge in [0.2, 0.25) is 0 Å². The number of hydrogen-bond acceptors (Lipinski definition) is 1. The summed E-state index contributed by atoms with van der Waals surface area (Å²) < 4.78 is 14.1. The van der Waals surface area contributed by atoms with Gasteiger partial charge in [-0.2, -0.15) is 0 Å². The van der Waals surface area contributed by atoms with Crippen molar-refractivity contribution in [1.29, 1.82) is 0 Å². The van der Waals surface area contributed by atoms with Crippen LogP contribution in [0.2, 0.25) is 0 Å². The Bertz CT molecular complexity index is 263. The van der Waals surface area contributed by atoms with Crippen LogP contribution in [0.25, 0.3) is 0 Å². The van der Waals surface area contributed by atoms with E-state index in [1.807, 2.05) is 13.0 Å². The number of hydrogen-bond donors (Lipinski definition) is 1. The van der Waals surface area contributed by atoms with Crippen molar-refractivity contribution in [1.82, 2.24) is 5.32 Å². The molecule has 0 bridgehead atoms. The van der Waals surface area contributed by atoms with Gasteiger partial charge in [0.1, 0.15) is 5.82 Å². The average Bonchev–Trinajstić information content (AvgIpc) is 2.07. The molecule has 1 aromatic carbocycles. The molecule has 0 atom stereocenters. The topological polar surface area (TPSA) is 12.0 Å². The zero-order chi connectivity index (χ0) is 8.97. The summed E-state index contributed by atoms with van der Waals surface area (Å²) in [4.78, 5) is 0. The van der Waals surface area contributed by atoms with E-state index in [2.05, 4.69) is 27.9 Å². The van der Waals surface area contributed by atoms with Crippen LogP contribution in [0.5, 0.6) is 0 Å². The van der Waals surface area contributed by atoms with Crippen LogP contribution in [0.1, 0.15) is 12.5 Å². The minimum atomic E-state index is -0.128. The third kappa shape index (κ3) is 2.71. The molecule has 0 aliphatic rings. The van der Waals surface area contributed by atoms with Gasteiger partial charge in [0.05, 0.1) is 0 Å². The van der Waals surface area contributed by atoms with Crippen molar-refractivity contribution >= 4 is 22.6 Å². The van der Waals surface area contributed by atoms with Crippen molar-refractivity contribution < 1.29 is 4.39 Å². The minimum Gasteiger partial charge on any atom is -0.313 e. The summed E-state index contributed by atoms with van der Waals surface area (Å²) in [7, 11) is 0. The first-order chi connectivity index (χ1) is 5.74. The van der Waals surface area contributed by atoms with Gasteiger partial charge in [0.25, 0.3) is 0 Å². The normalized spacial score (nSPS) is 10.2. The molecule has 3 heteroatoms. The summed E-state index contributed by atoms with van der Waals surface area (Å²) in [5.74, 6) is -0.128. The van der Waals surface area contributed by atoms with Gasteiger partial charge in [-0.05, 0) is 47.3 Å². The van der Waals surface area contributed by atoms with Gasteiger partial charge in [0.15, 0.2) is 0 Å². The van der Waals surface area contributed by atoms with E-state index in [4.69, 9.17) is 0 Å². The Morgan fingerprint density at radius 3 is 2.92 bits per heavy atom. The summed E-state index contributed by atoms with van der Waals surface area (Å²) >= 11 is 2.18. The van der Waals surface area contributed by atoms with E-state index in [0.717, 1.165) is 15.7 Å². The molecule has 0 aliphatic heterocycles. The fourth-order valence-corrected chi connectivity index (χ4v) is 1.49. The lowest BCUT2D eigenvalue weighted by molar-refractivity contribution is 0.593. The summed E-state index contributed by atoms with van der Waals surface area (Å²) in [5.41, 5.74) is 0.740. The van der Waals surface area contributed by atoms with Crippen LogP contribution in [-0.2, 0) is 6.54 Å². The van der Waals surface area contributed by atoms with Crippen LogP contribution in [-0.4, -0.2) is 6.54 Å². The predicted molar refractivity (Wildman–Crippen MR) is 56.5 cm³/mol. The maximum absolute atomic E-state index is 13.0. The molecule has 0 spiro atoms. The van der Waals surface area contributed by atoms with Gasteiger partial charge in [-0.3, -0.25) is 0 Å². The van der Waals surface area contributed by atoms with Gasteiger partial charge in [-0.1, -0.05) is 6.92 Å². The van der Waals surface area contributed by atoms with Crippen molar-refractivity contribution in [2.75, 3.05) is 6.54 Å². The molecule has 66 valence electrons. The second kappa shape index (κ2) is 4.77. The molecule has 1 rings (SSSR count). The quantitative estimate of drug-likeness (QED) is 0.838. The Kier molecular flexibility index (Phi) is 3.94. The average molecular weight is 279 g/mol. The Balaban J connectivity index is 2.75. The SMILES string of the molecule is CCNCc1cc(I)ccc1F. The summed E-state index contributed by atoms with van der Waals surface area (Å²) in [6, 6.07) is 5.14. The molecule has 0 aromatic heterocycles. The summed E-state index contributed by atoms with van der Waals surface area (Å²) in [6.45, 7) is 3.48. The first kappa shape index (κ1) is 9.92. The van der Waals surface area contributed by atoms with E-state index in [9.17, 15) is 4.39 Å². The second-order valence-corrected chi connectivity index (χ2v) is 3.76. The molecule has 0 amide bonds. The molecule has 1 aromatic rings. The van der Waals surface area contributed by atoms with E-state index >= 15 is 0 Å². The minimum absolute atomic E-state index is 0.128. The van der Waals surface area contributed by atoms with Crippen LogP contribution in [0, 0.1) is 9.39 Å². The molecular weight excluding hydrogens is 268 g/mol. The Morgan fingerprint density at radius 1 is 1.50 bits per heavy atom. The molecule has 0 radical (unpaired) electrons. The molecule has 0 saturated carbocycles. The van der Waals surface area contributed by atoms with Gasteiger partial charge in [-0.15, -0.1) is 0 Å². The molecule has 12 heavy (non-hydrogen) atoms. The highest BCUT2D eigenvalue weighted by Gasteiger charge is 2.00. The first-order valence-corrected chi connectivity index (χ1v) is 4.96. The van der Waals surface area contributed by atoms with Crippen molar-refractivity contribution in [3.8, 4) is 0 Å². The largest absolute Gasteiger partial charge is 0.313 e. The van der Waals surface area contributed by atoms with Crippen LogP contribution < -0.4 is 5.32 Å². The Morgan fingerprint density at radius 2 is 2.25 bits per heavy atom. The third-order valence-electron chi connectivity index (χ3n) is 1.57. The number of halogens is 2. The molecule has 0 heterocycles. The number of nitrogens with one attached hydrogen (secondary N) is 1. The van der Waals surface area contributed by atoms with Crippen LogP contribution >= 0.6 is 22.6 Å². The van der Waals surface area contributed by atoms with Crippen LogP contribution in [0.4, 0.5) is 4.39 Å². The molecule has 0 saturated heterocycles. The maximum Gasteiger partial charge on any atom is 0.127 e. The van der Waals surface area contributed by atoms with Crippen molar-refractivity contribution in [2.24, 2.45) is 0 Å². The molecule has 1 nitrogen and oxygen atoms in total. The molecular formula is C9H11FIN. The lowest BCUT2D eigenvalue weighted by Gasteiger charge is -2.03. The van der Waals surface area contributed by atoms with Gasteiger partial charge in [-0.25, -0.2) is 4.39 Å². The number of rotatable bonds is 3. The molecule has 0 aliphatic carbocycles. The Labute approximate surface area is 85.5 Å². The Hall–Kier alpha value is -0.160. The highest BCUT2D eigenvalue weighted by Crippen LogP contribution is 2.11. The van der Waals surface area contributed by atoms with Gasteiger partial charge >= 0.3 is 0 Å². The monoisotopic (exact) mass is 279 g/mol. The molecule has 1 N–H and O–H groups in total. The van der Waals surface area contributed by atoms with Crippen molar-refractivity contribution in [2.45, 2.75) is 13.5 Å². The van der Waals surface area contributed by atoms with E-state index in [0.29, 0.717) is 6.54 Å². The highest BCUT2D eigenvalue weighted by molar-refractivity contribution is 14.1. The second-order valence-electron chi connectivity index (χ2n) is 2.52. The summed E-state index contributed by atoms with van der Waals surface area (Å²) in [6.07, 6.45) is 0. The fourth-order valence-electron chi connectivity index (χ4n) is 0.938. The predicted octanol–water partition coefficient (Wildman–Crippen LogP) is 2.54. The molecule has 0 unspecified atom stereocenters. The van der Waals surface area contributed by atoms with E-state index in [1.54, 1.807) is 6.07 Å². The number of benzene rings is 1. The van der Waals surface area contributed by atoms with E-state index in [-0.39, 0.29) is 5.82 Å². The standard InChI is InChI=1S/C9H11FIN/c1-2-12-6-7-5-8(11)3-4-9(7)10/h3-5,12H,2,6H2,1H3. The van der Waals surface area contributed by atoms with Crippen LogP contribution in [0.3, 0.4) is 0 Å². The zero-order valence-electron chi connectivity index (χ0n) is 6.90. The lowest BCUT2D eigenvalue weighted by Crippen LogP contribution is -2.12. The summed E-state index contributed by atoms with van der Waals surface area (Å²) in [5, 5.41) is 3.09. The molecule has 0 fully saturated rings. The zero-order valence-corrected chi connectivity index (χ0v) is 9.06. The van der Waals surface area contributed by atoms with Gasteiger partial charge in [0, 0.05) is 15.7 Å².